The van der Waals surface area contributed by atoms with Crippen LogP contribution in [0, 0.1) is 13.8 Å². The normalized spacial score (nSPS) is 10.8. The number of hydrogen-bond donors (Lipinski definition) is 2. The molecule has 3 rings (SSSR count). The van der Waals surface area contributed by atoms with E-state index < -0.39 is 0 Å². The van der Waals surface area contributed by atoms with E-state index in [-0.39, 0.29) is 5.92 Å². The van der Waals surface area contributed by atoms with Crippen molar-refractivity contribution in [1.82, 2.24) is 0 Å². The topological polar surface area (TPSA) is 27.3 Å². The molecule has 0 amide bonds. The van der Waals surface area contributed by atoms with Crippen LogP contribution >= 0.6 is 0 Å². The van der Waals surface area contributed by atoms with Crippen LogP contribution in [0.4, 0.5) is 17.1 Å². The smallest absolute Gasteiger partial charge is 0.0367 e. The van der Waals surface area contributed by atoms with Crippen LogP contribution in [0.3, 0.4) is 0 Å². The Morgan fingerprint density at radius 2 is 1.07 bits per heavy atom. The first-order valence-corrected chi connectivity index (χ1v) is 9.78. The van der Waals surface area contributed by atoms with Gasteiger partial charge in [-0.25, -0.2) is 0 Å². The average molecular weight is 374 g/mol. The lowest BCUT2D eigenvalue weighted by molar-refractivity contribution is 0.970. The van der Waals surface area contributed by atoms with Crippen molar-refractivity contribution in [2.75, 3.05) is 43.7 Å². The molecule has 3 aromatic carbocycles. The second kappa shape index (κ2) is 8.39. The number of hydrogen-bond acceptors (Lipinski definition) is 3. The van der Waals surface area contributed by atoms with E-state index in [0.29, 0.717) is 0 Å². The predicted octanol–water partition coefficient (Wildman–Crippen LogP) is 5.63. The van der Waals surface area contributed by atoms with Gasteiger partial charge in [0.15, 0.2) is 0 Å². The summed E-state index contributed by atoms with van der Waals surface area (Å²) in [7, 11) is 8.09. The van der Waals surface area contributed by atoms with Gasteiger partial charge in [-0.3, -0.25) is 0 Å². The summed E-state index contributed by atoms with van der Waals surface area (Å²) in [5.74, 6) is 0.199. The van der Waals surface area contributed by atoms with Crippen molar-refractivity contribution in [3.8, 4) is 0 Å². The van der Waals surface area contributed by atoms with Crippen LogP contribution in [0.5, 0.6) is 0 Å². The highest BCUT2D eigenvalue weighted by molar-refractivity contribution is 5.58. The molecule has 0 saturated heterocycles. The Morgan fingerprint density at radius 3 is 1.43 bits per heavy atom. The van der Waals surface area contributed by atoms with Crippen molar-refractivity contribution in [3.63, 3.8) is 0 Å². The molecule has 3 heteroatoms. The molecule has 0 radical (unpaired) electrons. The molecule has 0 aliphatic carbocycles. The first-order chi connectivity index (χ1) is 13.4. The predicted molar refractivity (Wildman–Crippen MR) is 123 cm³/mol. The highest BCUT2D eigenvalue weighted by atomic mass is 15.1. The van der Waals surface area contributed by atoms with Crippen LogP contribution in [0.25, 0.3) is 0 Å². The van der Waals surface area contributed by atoms with E-state index >= 15 is 0 Å². The van der Waals surface area contributed by atoms with Gasteiger partial charge in [0.25, 0.3) is 0 Å². The molecule has 0 bridgehead atoms. The van der Waals surface area contributed by atoms with E-state index in [9.17, 15) is 0 Å². The Bertz CT molecular complexity index is 889. The van der Waals surface area contributed by atoms with Gasteiger partial charge in [-0.05, 0) is 65.9 Å². The summed E-state index contributed by atoms with van der Waals surface area (Å²) in [5.41, 5.74) is 10.0. The van der Waals surface area contributed by atoms with Gasteiger partial charge in [0.1, 0.15) is 0 Å². The molecule has 3 nitrogen and oxygen atoms in total. The van der Waals surface area contributed by atoms with Gasteiger partial charge >= 0.3 is 0 Å². The number of nitrogens with one attached hydrogen (secondary N) is 2. The Kier molecular flexibility index (Phi) is 5.93. The first kappa shape index (κ1) is 19.8. The summed E-state index contributed by atoms with van der Waals surface area (Å²) in [6.07, 6.45) is 0. The van der Waals surface area contributed by atoms with E-state index in [4.69, 9.17) is 0 Å². The molecule has 0 aromatic heterocycles. The maximum atomic E-state index is 3.27. The standard InChI is InChI=1S/C25H31N3/c1-17-15-20(9-13-23(17)26-3)25(19-7-11-22(12-8-19)28(5)6)21-10-14-24(27-4)18(2)16-21/h7-16,25-27H,1-6H3. The minimum atomic E-state index is 0.199. The van der Waals surface area contributed by atoms with Crippen molar-refractivity contribution in [2.45, 2.75) is 19.8 Å². The third-order valence-electron chi connectivity index (χ3n) is 5.45. The molecule has 0 aliphatic heterocycles. The van der Waals surface area contributed by atoms with Crippen LogP contribution < -0.4 is 15.5 Å². The fraction of sp³-hybridized carbons (Fsp3) is 0.280. The molecule has 0 fully saturated rings. The second-order valence-electron chi connectivity index (χ2n) is 7.57. The lowest BCUT2D eigenvalue weighted by Crippen LogP contribution is -2.09. The largest absolute Gasteiger partial charge is 0.388 e. The van der Waals surface area contributed by atoms with Crippen LogP contribution in [0.15, 0.2) is 60.7 Å². The zero-order valence-electron chi connectivity index (χ0n) is 17.8. The van der Waals surface area contributed by atoms with Gasteiger partial charge in [0, 0.05) is 51.2 Å². The van der Waals surface area contributed by atoms with Crippen LogP contribution in [-0.4, -0.2) is 28.2 Å². The number of nitrogens with zero attached hydrogens (tertiary/aromatic N) is 1. The summed E-state index contributed by atoms with van der Waals surface area (Å²) in [5, 5.41) is 6.54. The van der Waals surface area contributed by atoms with Crippen LogP contribution in [0.2, 0.25) is 0 Å². The molecule has 28 heavy (non-hydrogen) atoms. The van der Waals surface area contributed by atoms with Crippen molar-refractivity contribution >= 4 is 17.1 Å². The van der Waals surface area contributed by atoms with E-state index in [1.54, 1.807) is 0 Å². The maximum absolute atomic E-state index is 3.27. The molecule has 146 valence electrons. The lowest BCUT2D eigenvalue weighted by Gasteiger charge is -2.22. The fourth-order valence-electron chi connectivity index (χ4n) is 3.84. The summed E-state index contributed by atoms with van der Waals surface area (Å²) >= 11 is 0. The fourth-order valence-corrected chi connectivity index (χ4v) is 3.84. The van der Waals surface area contributed by atoms with Crippen molar-refractivity contribution in [2.24, 2.45) is 0 Å². The van der Waals surface area contributed by atoms with Gasteiger partial charge in [-0.1, -0.05) is 36.4 Å². The SMILES string of the molecule is CNc1ccc(C(c2ccc(N(C)C)cc2)c2ccc(NC)c(C)c2)cc1C. The number of anilines is 3. The molecular weight excluding hydrogens is 342 g/mol. The quantitative estimate of drug-likeness (QED) is 0.548. The molecule has 0 saturated carbocycles. The van der Waals surface area contributed by atoms with Crippen molar-refractivity contribution in [1.29, 1.82) is 0 Å². The van der Waals surface area contributed by atoms with Gasteiger partial charge in [0.05, 0.1) is 0 Å². The Balaban J connectivity index is 2.13. The Hall–Kier alpha value is -2.94. The Morgan fingerprint density at radius 1 is 0.643 bits per heavy atom. The third-order valence-corrected chi connectivity index (χ3v) is 5.45. The first-order valence-electron chi connectivity index (χ1n) is 9.78. The molecule has 0 atom stereocenters. The molecular formula is C25H31N3. The summed E-state index contributed by atoms with van der Waals surface area (Å²) < 4.78 is 0. The minimum absolute atomic E-state index is 0.199. The maximum Gasteiger partial charge on any atom is 0.0367 e. The van der Waals surface area contributed by atoms with Gasteiger partial charge in [-0.2, -0.15) is 0 Å². The van der Waals surface area contributed by atoms with E-state index in [0.717, 1.165) is 0 Å². The zero-order chi connectivity index (χ0) is 20.3. The van der Waals surface area contributed by atoms with Crippen molar-refractivity contribution < 1.29 is 0 Å². The average Bonchev–Trinajstić information content (AvgIpc) is 2.69. The summed E-state index contributed by atoms with van der Waals surface area (Å²) in [4.78, 5) is 2.14. The summed E-state index contributed by atoms with van der Waals surface area (Å²) in [6, 6.07) is 22.4. The lowest BCUT2D eigenvalue weighted by atomic mass is 9.83. The molecule has 3 aromatic rings. The Labute approximate surface area is 169 Å². The molecule has 0 spiro atoms. The van der Waals surface area contributed by atoms with Gasteiger partial charge < -0.3 is 15.5 Å². The van der Waals surface area contributed by atoms with Gasteiger partial charge in [-0.15, -0.1) is 0 Å². The number of benzene rings is 3. The summed E-state index contributed by atoms with van der Waals surface area (Å²) in [6.45, 7) is 4.33. The van der Waals surface area contributed by atoms with Gasteiger partial charge in [0.2, 0.25) is 0 Å². The highest BCUT2D eigenvalue weighted by Crippen LogP contribution is 2.35. The van der Waals surface area contributed by atoms with E-state index in [1.165, 1.54) is 44.9 Å². The molecule has 0 unspecified atom stereocenters. The number of aryl methyl sites for hydroxylation is 2. The second-order valence-corrected chi connectivity index (χ2v) is 7.57. The van der Waals surface area contributed by atoms with E-state index in [2.05, 4.69) is 104 Å². The highest BCUT2D eigenvalue weighted by Gasteiger charge is 2.18. The molecule has 0 aliphatic rings. The number of rotatable bonds is 6. The van der Waals surface area contributed by atoms with Crippen molar-refractivity contribution in [3.05, 3.63) is 88.5 Å². The monoisotopic (exact) mass is 373 g/mol. The zero-order valence-corrected chi connectivity index (χ0v) is 17.8. The van der Waals surface area contributed by atoms with E-state index in [1.807, 2.05) is 14.1 Å². The molecule has 2 N–H and O–H groups in total. The van der Waals surface area contributed by atoms with Crippen LogP contribution in [-0.2, 0) is 0 Å². The third kappa shape index (κ3) is 3.99. The van der Waals surface area contributed by atoms with Crippen LogP contribution in [0.1, 0.15) is 33.7 Å². The molecule has 0 heterocycles. The minimum Gasteiger partial charge on any atom is -0.388 e.